The van der Waals surface area contributed by atoms with Crippen LogP contribution >= 0.6 is 11.6 Å². The lowest BCUT2D eigenvalue weighted by atomic mass is 9.82. The summed E-state index contributed by atoms with van der Waals surface area (Å²) in [6, 6.07) is 13.2. The number of amides is 2. The van der Waals surface area contributed by atoms with Crippen LogP contribution in [-0.2, 0) is 6.54 Å². The van der Waals surface area contributed by atoms with Gasteiger partial charge >= 0.3 is 6.03 Å². The summed E-state index contributed by atoms with van der Waals surface area (Å²) in [5, 5.41) is 4.66. The maximum absolute atomic E-state index is 12.6. The summed E-state index contributed by atoms with van der Waals surface area (Å²) in [7, 11) is 0. The van der Waals surface area contributed by atoms with Gasteiger partial charge in [0.25, 0.3) is 0 Å². The van der Waals surface area contributed by atoms with E-state index in [4.69, 9.17) is 16.3 Å². The first-order valence-electron chi connectivity index (χ1n) is 10.1. The molecule has 2 aromatic carbocycles. The van der Waals surface area contributed by atoms with E-state index in [9.17, 15) is 9.59 Å². The van der Waals surface area contributed by atoms with Crippen molar-refractivity contribution in [2.75, 3.05) is 13.1 Å². The van der Waals surface area contributed by atoms with Crippen LogP contribution in [0.25, 0.3) is 10.9 Å². The summed E-state index contributed by atoms with van der Waals surface area (Å²) in [4.78, 5) is 30.2. The number of hydrogen-bond donors (Lipinski definition) is 2. The number of halogens is 1. The fourth-order valence-electron chi connectivity index (χ4n) is 4.36. The molecular weight excluding hydrogens is 402 g/mol. The van der Waals surface area contributed by atoms with Crippen LogP contribution in [-0.4, -0.2) is 40.4 Å². The number of Topliss-reactive ketones (excluding diaryl/α,β-unsaturated/α-hetero) is 1. The number of nitrogens with zero attached hydrogens (tertiary/aromatic N) is 1. The van der Waals surface area contributed by atoms with E-state index in [1.165, 1.54) is 0 Å². The SMILES string of the molecule is O=C1CC2(CCN(C(=O)NCc3ccc4[nH]ccc4c3)CC2)Oc2ccc(Cl)cc21. The number of urea groups is 1. The number of H-pyrrole nitrogens is 1. The quantitative estimate of drug-likeness (QED) is 0.635. The van der Waals surface area contributed by atoms with Gasteiger partial charge in [0, 0.05) is 49.2 Å². The van der Waals surface area contributed by atoms with Gasteiger partial charge in [-0.25, -0.2) is 4.79 Å². The number of aromatic amines is 1. The van der Waals surface area contributed by atoms with E-state index in [2.05, 4.69) is 16.4 Å². The number of likely N-dealkylation sites (tertiary alicyclic amines) is 1. The molecule has 7 heteroatoms. The van der Waals surface area contributed by atoms with Crippen molar-refractivity contribution in [3.8, 4) is 5.75 Å². The van der Waals surface area contributed by atoms with Gasteiger partial charge in [-0.15, -0.1) is 0 Å². The van der Waals surface area contributed by atoms with Crippen molar-refractivity contribution < 1.29 is 14.3 Å². The van der Waals surface area contributed by atoms with Gasteiger partial charge in [0.05, 0.1) is 12.0 Å². The number of aromatic nitrogens is 1. The Morgan fingerprint density at radius 1 is 1.17 bits per heavy atom. The van der Waals surface area contributed by atoms with Crippen molar-refractivity contribution in [3.05, 3.63) is 64.8 Å². The molecule has 1 fully saturated rings. The summed E-state index contributed by atoms with van der Waals surface area (Å²) in [5.74, 6) is 0.644. The van der Waals surface area contributed by atoms with Crippen molar-refractivity contribution in [2.24, 2.45) is 0 Å². The van der Waals surface area contributed by atoms with Crippen LogP contribution in [0.1, 0.15) is 35.2 Å². The van der Waals surface area contributed by atoms with Gasteiger partial charge in [-0.1, -0.05) is 17.7 Å². The lowest BCUT2D eigenvalue weighted by Crippen LogP contribution is -2.54. The van der Waals surface area contributed by atoms with Crippen LogP contribution in [0.15, 0.2) is 48.7 Å². The Balaban J connectivity index is 1.20. The van der Waals surface area contributed by atoms with Crippen LogP contribution in [0.3, 0.4) is 0 Å². The summed E-state index contributed by atoms with van der Waals surface area (Å²) < 4.78 is 6.24. The first-order valence-corrected chi connectivity index (χ1v) is 10.5. The van der Waals surface area contributed by atoms with E-state index >= 15 is 0 Å². The number of fused-ring (bicyclic) bond motifs is 2. The summed E-state index contributed by atoms with van der Waals surface area (Å²) >= 11 is 6.01. The van der Waals surface area contributed by atoms with E-state index < -0.39 is 5.60 Å². The zero-order chi connectivity index (χ0) is 20.7. The number of hydrogen-bond acceptors (Lipinski definition) is 3. The van der Waals surface area contributed by atoms with Gasteiger partial charge in [0.15, 0.2) is 5.78 Å². The summed E-state index contributed by atoms with van der Waals surface area (Å²) in [5.41, 5.74) is 2.15. The summed E-state index contributed by atoms with van der Waals surface area (Å²) in [6.45, 7) is 1.59. The van der Waals surface area contributed by atoms with Gasteiger partial charge in [-0.2, -0.15) is 0 Å². The molecular formula is C23H22ClN3O3. The number of carbonyl (C=O) groups excluding carboxylic acids is 2. The average molecular weight is 424 g/mol. The van der Waals surface area contributed by atoms with E-state index in [1.807, 2.05) is 24.4 Å². The highest BCUT2D eigenvalue weighted by atomic mass is 35.5. The Morgan fingerprint density at radius 2 is 2.00 bits per heavy atom. The van der Waals surface area contributed by atoms with Gasteiger partial charge in [0.2, 0.25) is 0 Å². The standard InChI is InChI=1S/C23H22ClN3O3/c24-17-2-4-21-18(12-17)20(28)13-23(30-21)6-9-27(10-7-23)22(29)26-14-15-1-3-19-16(11-15)5-8-25-19/h1-5,8,11-12,25H,6-7,9-10,13-14H2,(H,26,29). The van der Waals surface area contributed by atoms with Crippen LogP contribution in [0.5, 0.6) is 5.75 Å². The first kappa shape index (κ1) is 19.0. The number of ketones is 1. The number of ether oxygens (including phenoxy) is 1. The maximum atomic E-state index is 12.6. The summed E-state index contributed by atoms with van der Waals surface area (Å²) in [6.07, 6.45) is 3.49. The first-order chi connectivity index (χ1) is 14.5. The van der Waals surface area contributed by atoms with E-state index in [-0.39, 0.29) is 11.8 Å². The Labute approximate surface area is 179 Å². The smallest absolute Gasteiger partial charge is 0.317 e. The predicted octanol–water partition coefficient (Wildman–Crippen LogP) is 4.53. The molecule has 6 nitrogen and oxygen atoms in total. The molecule has 2 aliphatic heterocycles. The zero-order valence-electron chi connectivity index (χ0n) is 16.4. The van der Waals surface area contributed by atoms with Crippen molar-refractivity contribution in [3.63, 3.8) is 0 Å². The molecule has 1 saturated heterocycles. The molecule has 0 bridgehead atoms. The molecule has 2 amide bonds. The molecule has 0 unspecified atom stereocenters. The van der Waals surface area contributed by atoms with E-state index in [1.54, 1.807) is 23.1 Å². The molecule has 0 atom stereocenters. The van der Waals surface area contributed by atoms with E-state index in [0.29, 0.717) is 55.2 Å². The topological polar surface area (TPSA) is 74.4 Å². The second-order valence-corrected chi connectivity index (χ2v) is 8.51. The number of benzene rings is 2. The molecule has 0 radical (unpaired) electrons. The minimum Gasteiger partial charge on any atom is -0.486 e. The van der Waals surface area contributed by atoms with Gasteiger partial charge in [-0.05, 0) is 47.3 Å². The molecule has 30 heavy (non-hydrogen) atoms. The maximum Gasteiger partial charge on any atom is 0.317 e. The highest BCUT2D eigenvalue weighted by Crippen LogP contribution is 2.40. The molecule has 0 saturated carbocycles. The monoisotopic (exact) mass is 423 g/mol. The Hall–Kier alpha value is -2.99. The van der Waals surface area contributed by atoms with Crippen molar-refractivity contribution in [2.45, 2.75) is 31.4 Å². The lowest BCUT2D eigenvalue weighted by molar-refractivity contribution is -0.000697. The molecule has 3 heterocycles. The minimum absolute atomic E-state index is 0.0526. The molecule has 154 valence electrons. The molecule has 0 aliphatic carbocycles. The van der Waals surface area contributed by atoms with Crippen molar-refractivity contribution >= 4 is 34.3 Å². The molecule has 5 rings (SSSR count). The van der Waals surface area contributed by atoms with Crippen LogP contribution in [0.4, 0.5) is 4.79 Å². The third-order valence-corrected chi connectivity index (χ3v) is 6.31. The van der Waals surface area contributed by atoms with Crippen LogP contribution in [0.2, 0.25) is 5.02 Å². The predicted molar refractivity (Wildman–Crippen MR) is 115 cm³/mol. The Morgan fingerprint density at radius 3 is 2.83 bits per heavy atom. The van der Waals surface area contributed by atoms with Crippen LogP contribution in [0, 0.1) is 0 Å². The Kier molecular flexibility index (Phi) is 4.66. The number of rotatable bonds is 2. The van der Waals surface area contributed by atoms with Crippen LogP contribution < -0.4 is 10.1 Å². The number of nitrogens with one attached hydrogen (secondary N) is 2. The van der Waals surface area contributed by atoms with Crippen molar-refractivity contribution in [1.82, 2.24) is 15.2 Å². The molecule has 3 aromatic rings. The highest BCUT2D eigenvalue weighted by Gasteiger charge is 2.43. The molecule has 2 N–H and O–H groups in total. The zero-order valence-corrected chi connectivity index (χ0v) is 17.2. The lowest BCUT2D eigenvalue weighted by Gasteiger charge is -2.43. The second kappa shape index (κ2) is 7.36. The number of carbonyl (C=O) groups is 2. The average Bonchev–Trinajstić information content (AvgIpc) is 3.21. The molecule has 1 spiro atoms. The second-order valence-electron chi connectivity index (χ2n) is 8.07. The van der Waals surface area contributed by atoms with Gasteiger partial charge in [-0.3, -0.25) is 4.79 Å². The third kappa shape index (κ3) is 3.52. The van der Waals surface area contributed by atoms with E-state index in [0.717, 1.165) is 16.5 Å². The Bertz CT molecular complexity index is 1130. The fourth-order valence-corrected chi connectivity index (χ4v) is 4.54. The van der Waals surface area contributed by atoms with Gasteiger partial charge in [0.1, 0.15) is 11.4 Å². The van der Waals surface area contributed by atoms with Crippen molar-refractivity contribution in [1.29, 1.82) is 0 Å². The molecule has 1 aromatic heterocycles. The third-order valence-electron chi connectivity index (χ3n) is 6.07. The number of piperidine rings is 1. The molecule has 2 aliphatic rings. The largest absolute Gasteiger partial charge is 0.486 e. The normalized spacial score (nSPS) is 17.6. The van der Waals surface area contributed by atoms with Gasteiger partial charge < -0.3 is 19.9 Å². The fraction of sp³-hybridized carbons (Fsp3) is 0.304. The highest BCUT2D eigenvalue weighted by molar-refractivity contribution is 6.31. The minimum atomic E-state index is -0.534.